The molecule has 0 unspecified atom stereocenters. The van der Waals surface area contributed by atoms with Crippen LogP contribution in [0.1, 0.15) is 6.42 Å². The zero-order valence-electron chi connectivity index (χ0n) is 13.2. The third-order valence-electron chi connectivity index (χ3n) is 3.91. The molecule has 0 amide bonds. The van der Waals surface area contributed by atoms with E-state index in [-0.39, 0.29) is 24.5 Å². The Morgan fingerprint density at radius 3 is 2.58 bits per heavy atom. The smallest absolute Gasteiger partial charge is 0.307 e. The van der Waals surface area contributed by atoms with E-state index < -0.39 is 0 Å². The molecule has 24 heavy (non-hydrogen) atoms. The van der Waals surface area contributed by atoms with Crippen molar-refractivity contribution in [1.82, 2.24) is 4.57 Å². The van der Waals surface area contributed by atoms with Crippen LogP contribution in [0.5, 0.6) is 0 Å². The molecule has 0 aliphatic carbocycles. The van der Waals surface area contributed by atoms with E-state index in [2.05, 4.69) is 4.74 Å². The molecule has 4 nitrogen and oxygen atoms in total. The molecule has 0 saturated carbocycles. The first-order valence-electron chi connectivity index (χ1n) is 7.55. The molecular weight excluding hydrogens is 326 g/mol. The Balaban J connectivity index is 2.21. The maximum atomic E-state index is 13.0. The molecule has 0 radical (unpaired) electrons. The van der Waals surface area contributed by atoms with E-state index in [0.29, 0.717) is 16.1 Å². The molecule has 0 atom stereocenters. The van der Waals surface area contributed by atoms with Crippen molar-refractivity contribution in [2.75, 3.05) is 7.11 Å². The van der Waals surface area contributed by atoms with Gasteiger partial charge in [0.05, 0.1) is 19.0 Å². The Labute approximate surface area is 144 Å². The number of carbonyl (C=O) groups excluding carboxylic acids is 1. The number of rotatable bonds is 4. The first-order valence-corrected chi connectivity index (χ1v) is 7.93. The van der Waals surface area contributed by atoms with Crippen molar-refractivity contribution in [3.63, 3.8) is 0 Å². The molecule has 0 saturated heterocycles. The Morgan fingerprint density at radius 1 is 1.12 bits per heavy atom. The van der Waals surface area contributed by atoms with Crippen LogP contribution < -0.4 is 5.56 Å². The highest BCUT2D eigenvalue weighted by molar-refractivity contribution is 6.31. The number of fused-ring (bicyclic) bond motifs is 1. The number of halogens is 1. The minimum absolute atomic E-state index is 0.121. The highest BCUT2D eigenvalue weighted by Gasteiger charge is 2.12. The maximum Gasteiger partial charge on any atom is 0.307 e. The maximum absolute atomic E-state index is 13.0. The molecule has 1 heterocycles. The van der Waals surface area contributed by atoms with E-state index in [1.807, 2.05) is 42.5 Å². The lowest BCUT2D eigenvalue weighted by Gasteiger charge is -2.13. The standard InChI is InChI=1S/C19H16ClNO3/c1-24-18(22)9-10-21-17-12-15(20)8-7-14(17)11-16(19(21)23)13-5-3-2-4-6-13/h2-8,11-12H,9-10H2,1H3. The number of aryl methyl sites for hydroxylation is 1. The molecule has 5 heteroatoms. The van der Waals surface area contributed by atoms with Crippen molar-refractivity contribution in [3.8, 4) is 11.1 Å². The van der Waals surface area contributed by atoms with Crippen LogP contribution in [-0.4, -0.2) is 17.6 Å². The highest BCUT2D eigenvalue weighted by atomic mass is 35.5. The predicted octanol–water partition coefficient (Wildman–Crippen LogP) is 3.89. The third-order valence-corrected chi connectivity index (χ3v) is 4.15. The van der Waals surface area contributed by atoms with Gasteiger partial charge < -0.3 is 9.30 Å². The number of aromatic nitrogens is 1. The van der Waals surface area contributed by atoms with Crippen molar-refractivity contribution >= 4 is 28.5 Å². The monoisotopic (exact) mass is 341 g/mol. The molecule has 0 aliphatic rings. The molecule has 0 fully saturated rings. The fraction of sp³-hybridized carbons (Fsp3) is 0.158. The predicted molar refractivity (Wildman–Crippen MR) is 95.3 cm³/mol. The van der Waals surface area contributed by atoms with Crippen LogP contribution in [-0.2, 0) is 16.1 Å². The Bertz CT molecular complexity index is 948. The lowest BCUT2D eigenvalue weighted by Crippen LogP contribution is -2.23. The molecular formula is C19H16ClNO3. The zero-order chi connectivity index (χ0) is 17.1. The van der Waals surface area contributed by atoms with Gasteiger partial charge in [-0.1, -0.05) is 48.0 Å². The Hall–Kier alpha value is -2.59. The summed E-state index contributed by atoms with van der Waals surface area (Å²) in [6, 6.07) is 16.7. The van der Waals surface area contributed by atoms with Gasteiger partial charge in [0.15, 0.2) is 0 Å². The van der Waals surface area contributed by atoms with E-state index in [0.717, 1.165) is 10.9 Å². The molecule has 0 aliphatic heterocycles. The van der Waals surface area contributed by atoms with Crippen molar-refractivity contribution in [3.05, 3.63) is 70.0 Å². The van der Waals surface area contributed by atoms with Gasteiger partial charge in [-0.15, -0.1) is 0 Å². The molecule has 2 aromatic carbocycles. The average molecular weight is 342 g/mol. The van der Waals surface area contributed by atoms with Crippen LogP contribution in [0.2, 0.25) is 5.02 Å². The second kappa shape index (κ2) is 6.89. The summed E-state index contributed by atoms with van der Waals surface area (Å²) in [7, 11) is 1.33. The lowest BCUT2D eigenvalue weighted by atomic mass is 10.0. The summed E-state index contributed by atoms with van der Waals surface area (Å²) in [5.74, 6) is -0.359. The summed E-state index contributed by atoms with van der Waals surface area (Å²) in [4.78, 5) is 24.5. The van der Waals surface area contributed by atoms with Crippen LogP contribution in [0.3, 0.4) is 0 Å². The number of benzene rings is 2. The third kappa shape index (κ3) is 3.19. The SMILES string of the molecule is COC(=O)CCn1c(=O)c(-c2ccccc2)cc2ccc(Cl)cc21. The quantitative estimate of drug-likeness (QED) is 0.676. The summed E-state index contributed by atoms with van der Waals surface area (Å²) in [5.41, 5.74) is 1.98. The van der Waals surface area contributed by atoms with Gasteiger partial charge in [-0.3, -0.25) is 9.59 Å². The summed E-state index contributed by atoms with van der Waals surface area (Å²) < 4.78 is 6.27. The van der Waals surface area contributed by atoms with Crippen molar-refractivity contribution < 1.29 is 9.53 Å². The van der Waals surface area contributed by atoms with Gasteiger partial charge >= 0.3 is 5.97 Å². The van der Waals surface area contributed by atoms with Crippen LogP contribution >= 0.6 is 11.6 Å². The summed E-state index contributed by atoms with van der Waals surface area (Å²) in [5, 5.41) is 1.43. The Kier molecular flexibility index (Phi) is 4.67. The van der Waals surface area contributed by atoms with Gasteiger partial charge in [-0.2, -0.15) is 0 Å². The number of hydrogen-bond acceptors (Lipinski definition) is 3. The van der Waals surface area contributed by atoms with Crippen molar-refractivity contribution in [2.45, 2.75) is 13.0 Å². The molecule has 1 aromatic heterocycles. The molecule has 0 N–H and O–H groups in total. The van der Waals surface area contributed by atoms with Gasteiger partial charge in [0, 0.05) is 17.1 Å². The first-order chi connectivity index (χ1) is 11.6. The van der Waals surface area contributed by atoms with E-state index in [1.54, 1.807) is 16.7 Å². The minimum atomic E-state index is -0.359. The van der Waals surface area contributed by atoms with E-state index in [9.17, 15) is 9.59 Å². The van der Waals surface area contributed by atoms with Gasteiger partial charge in [0.2, 0.25) is 0 Å². The topological polar surface area (TPSA) is 48.3 Å². The number of hydrogen-bond donors (Lipinski definition) is 0. The summed E-state index contributed by atoms with van der Waals surface area (Å²) >= 11 is 6.08. The normalized spacial score (nSPS) is 10.8. The number of pyridine rings is 1. The number of methoxy groups -OCH3 is 1. The number of carbonyl (C=O) groups is 1. The average Bonchev–Trinajstić information content (AvgIpc) is 2.61. The van der Waals surface area contributed by atoms with Crippen LogP contribution in [0.25, 0.3) is 22.0 Å². The molecule has 0 spiro atoms. The largest absolute Gasteiger partial charge is 0.469 e. The second-order valence-corrected chi connectivity index (χ2v) is 5.85. The van der Waals surface area contributed by atoms with E-state index in [1.165, 1.54) is 7.11 Å². The summed E-state index contributed by atoms with van der Waals surface area (Å²) in [6.45, 7) is 0.239. The van der Waals surface area contributed by atoms with Crippen LogP contribution in [0.15, 0.2) is 59.4 Å². The van der Waals surface area contributed by atoms with Gasteiger partial charge in [-0.25, -0.2) is 0 Å². The zero-order valence-corrected chi connectivity index (χ0v) is 13.9. The molecule has 3 rings (SSSR count). The molecule has 3 aromatic rings. The minimum Gasteiger partial charge on any atom is -0.469 e. The van der Waals surface area contributed by atoms with Gasteiger partial charge in [0.1, 0.15) is 0 Å². The van der Waals surface area contributed by atoms with Gasteiger partial charge in [-0.05, 0) is 29.1 Å². The molecule has 122 valence electrons. The Morgan fingerprint density at radius 2 is 1.88 bits per heavy atom. The van der Waals surface area contributed by atoms with E-state index in [4.69, 9.17) is 11.6 Å². The molecule has 0 bridgehead atoms. The number of ether oxygens (including phenoxy) is 1. The van der Waals surface area contributed by atoms with Crippen molar-refractivity contribution in [2.24, 2.45) is 0 Å². The summed E-state index contributed by atoms with van der Waals surface area (Å²) in [6.07, 6.45) is 0.121. The van der Waals surface area contributed by atoms with Crippen molar-refractivity contribution in [1.29, 1.82) is 0 Å². The van der Waals surface area contributed by atoms with Crippen LogP contribution in [0, 0.1) is 0 Å². The fourth-order valence-corrected chi connectivity index (χ4v) is 2.86. The fourth-order valence-electron chi connectivity index (χ4n) is 2.70. The van der Waals surface area contributed by atoms with E-state index >= 15 is 0 Å². The van der Waals surface area contributed by atoms with Crippen LogP contribution in [0.4, 0.5) is 0 Å². The first kappa shape index (κ1) is 16.3. The number of esters is 1. The van der Waals surface area contributed by atoms with Gasteiger partial charge in [0.25, 0.3) is 5.56 Å². The second-order valence-electron chi connectivity index (χ2n) is 5.41. The lowest BCUT2D eigenvalue weighted by molar-refractivity contribution is -0.140. The number of nitrogens with zero attached hydrogens (tertiary/aromatic N) is 1. The highest BCUT2D eigenvalue weighted by Crippen LogP contribution is 2.23.